The summed E-state index contributed by atoms with van der Waals surface area (Å²) >= 11 is 0. The molecule has 11 heteroatoms. The number of hydrogen-bond donors (Lipinski definition) is 4. The average Bonchev–Trinajstić information content (AvgIpc) is 3.64. The van der Waals surface area contributed by atoms with Crippen LogP contribution in [-0.2, 0) is 25.4 Å². The highest BCUT2D eigenvalue weighted by atomic mass is 16.8. The second-order valence-corrected chi connectivity index (χ2v) is 9.91. The Bertz CT molecular complexity index is 1390. The van der Waals surface area contributed by atoms with Crippen LogP contribution in [0.2, 0.25) is 0 Å². The largest absolute Gasteiger partial charge is 0.507 e. The van der Waals surface area contributed by atoms with Crippen molar-refractivity contribution in [2.45, 2.75) is 62.6 Å². The number of ether oxygens (including phenoxy) is 4. The van der Waals surface area contributed by atoms with Crippen molar-refractivity contribution in [3.8, 4) is 17.2 Å². The van der Waals surface area contributed by atoms with Crippen LogP contribution in [0.15, 0.2) is 18.2 Å². The van der Waals surface area contributed by atoms with Gasteiger partial charge in [-0.25, -0.2) is 0 Å². The number of epoxide rings is 1. The van der Waals surface area contributed by atoms with E-state index in [1.165, 1.54) is 32.2 Å². The van der Waals surface area contributed by atoms with Crippen molar-refractivity contribution < 1.29 is 48.7 Å². The lowest BCUT2D eigenvalue weighted by Crippen LogP contribution is -2.46. The standard InChI is InChI=1S/C26H25NO10/c1-9(28)26(33)7-11-17(14(8-26)35-15-6-12(27)24-25(36-15)37-24)23(32)19-18(21(11)30)20(29)10-4-3-5-13(34-2)16(10)22(19)31/h3-5,12,14-15,24-25,30,32-33H,6-8,27H2,1-2H3/t12?,14-,15?,24?,25?,26?/m0/s1. The number of aromatic hydroxyl groups is 2. The van der Waals surface area contributed by atoms with Crippen LogP contribution in [0.5, 0.6) is 17.2 Å². The number of fused-ring (bicyclic) bond motifs is 4. The van der Waals surface area contributed by atoms with E-state index in [1.54, 1.807) is 0 Å². The molecular formula is C26H25NO10. The molecule has 2 aromatic rings. The third-order valence-electron chi connectivity index (χ3n) is 7.70. The first-order valence-corrected chi connectivity index (χ1v) is 11.9. The maximum atomic E-state index is 13.6. The average molecular weight is 511 g/mol. The number of nitrogens with two attached hydrogens (primary N) is 1. The highest BCUT2D eigenvalue weighted by molar-refractivity contribution is 6.31. The number of phenolic OH excluding ortho intramolecular Hbond substituents is 2. The van der Waals surface area contributed by atoms with Crippen molar-refractivity contribution in [3.05, 3.63) is 51.6 Å². The lowest BCUT2D eigenvalue weighted by atomic mass is 9.72. The van der Waals surface area contributed by atoms with Crippen LogP contribution in [0.4, 0.5) is 0 Å². The first kappa shape index (κ1) is 24.0. The van der Waals surface area contributed by atoms with Gasteiger partial charge in [0.25, 0.3) is 0 Å². The smallest absolute Gasteiger partial charge is 0.202 e. The summed E-state index contributed by atoms with van der Waals surface area (Å²) in [6.07, 6.45) is -3.30. The fourth-order valence-corrected chi connectivity index (χ4v) is 5.66. The monoisotopic (exact) mass is 511 g/mol. The molecule has 4 aliphatic rings. The Morgan fingerprint density at radius 2 is 1.84 bits per heavy atom. The molecule has 11 nitrogen and oxygen atoms in total. The molecule has 2 aliphatic carbocycles. The van der Waals surface area contributed by atoms with E-state index in [2.05, 4.69) is 0 Å². The van der Waals surface area contributed by atoms with E-state index in [9.17, 15) is 29.7 Å². The second kappa shape index (κ2) is 8.07. The highest BCUT2D eigenvalue weighted by Crippen LogP contribution is 2.52. The van der Waals surface area contributed by atoms with Crippen LogP contribution < -0.4 is 10.5 Å². The molecule has 2 fully saturated rings. The van der Waals surface area contributed by atoms with Crippen LogP contribution in [0.1, 0.15) is 68.8 Å². The first-order chi connectivity index (χ1) is 17.6. The fourth-order valence-electron chi connectivity index (χ4n) is 5.66. The SMILES string of the molecule is COc1cccc2c1C(=O)c1c(O)c3c(c(O)c1C2=O)CC(O)(C(C)=O)C[C@@H]3OC1CC(N)C2OC2O1. The van der Waals surface area contributed by atoms with Gasteiger partial charge in [-0.2, -0.15) is 0 Å². The third kappa shape index (κ3) is 3.42. The fraction of sp³-hybridized carbons (Fsp3) is 0.423. The van der Waals surface area contributed by atoms with E-state index < -0.39 is 70.7 Å². The van der Waals surface area contributed by atoms with Crippen molar-refractivity contribution in [1.29, 1.82) is 0 Å². The zero-order chi connectivity index (χ0) is 26.4. The van der Waals surface area contributed by atoms with Gasteiger partial charge < -0.3 is 40.0 Å². The first-order valence-electron chi connectivity index (χ1n) is 11.9. The molecule has 0 amide bonds. The molecule has 2 aromatic carbocycles. The summed E-state index contributed by atoms with van der Waals surface area (Å²) in [5.74, 6) is -3.04. The number of rotatable bonds is 4. The molecular weight excluding hydrogens is 486 g/mol. The van der Waals surface area contributed by atoms with Gasteiger partial charge in [0.15, 0.2) is 24.1 Å². The minimum Gasteiger partial charge on any atom is -0.507 e. The van der Waals surface area contributed by atoms with Gasteiger partial charge in [-0.3, -0.25) is 14.4 Å². The lowest BCUT2D eigenvalue weighted by Gasteiger charge is -2.40. The number of aliphatic hydroxyl groups is 1. The van der Waals surface area contributed by atoms with E-state index in [0.29, 0.717) is 0 Å². The summed E-state index contributed by atoms with van der Waals surface area (Å²) in [6.45, 7) is 1.20. The number of phenols is 2. The van der Waals surface area contributed by atoms with Gasteiger partial charge in [0.1, 0.15) is 29.0 Å². The van der Waals surface area contributed by atoms with Gasteiger partial charge in [0.2, 0.25) is 5.78 Å². The maximum absolute atomic E-state index is 13.6. The summed E-state index contributed by atoms with van der Waals surface area (Å²) in [4.78, 5) is 39.5. The third-order valence-corrected chi connectivity index (χ3v) is 7.70. The number of benzene rings is 2. The number of ketones is 3. The molecule has 194 valence electrons. The Morgan fingerprint density at radius 3 is 2.51 bits per heavy atom. The van der Waals surface area contributed by atoms with Crippen molar-refractivity contribution in [2.75, 3.05) is 7.11 Å². The minimum atomic E-state index is -1.96. The zero-order valence-corrected chi connectivity index (χ0v) is 20.0. The van der Waals surface area contributed by atoms with Gasteiger partial charge in [-0.15, -0.1) is 0 Å². The molecule has 2 aliphatic heterocycles. The van der Waals surface area contributed by atoms with Crippen molar-refractivity contribution in [1.82, 2.24) is 0 Å². The molecule has 5 unspecified atom stereocenters. The van der Waals surface area contributed by atoms with E-state index in [1.807, 2.05) is 0 Å². The molecule has 0 saturated carbocycles. The van der Waals surface area contributed by atoms with E-state index in [0.717, 1.165) is 0 Å². The van der Waals surface area contributed by atoms with Gasteiger partial charge in [0, 0.05) is 42.0 Å². The quantitative estimate of drug-likeness (QED) is 0.290. The number of carbonyl (C=O) groups is 3. The van der Waals surface area contributed by atoms with Crippen molar-refractivity contribution >= 4 is 17.3 Å². The van der Waals surface area contributed by atoms with E-state index in [4.69, 9.17) is 24.7 Å². The summed E-state index contributed by atoms with van der Waals surface area (Å²) in [5, 5.41) is 33.9. The highest BCUT2D eigenvalue weighted by Gasteiger charge is 2.53. The maximum Gasteiger partial charge on any atom is 0.202 e. The molecule has 6 rings (SSSR count). The number of Topliss-reactive ketones (excluding diaryl/α,β-unsaturated/α-hetero) is 1. The van der Waals surface area contributed by atoms with E-state index >= 15 is 0 Å². The van der Waals surface area contributed by atoms with Gasteiger partial charge in [0.05, 0.1) is 29.9 Å². The summed E-state index contributed by atoms with van der Waals surface area (Å²) in [6, 6.07) is 4.10. The van der Waals surface area contributed by atoms with Crippen LogP contribution >= 0.6 is 0 Å². The molecule has 6 atom stereocenters. The minimum absolute atomic E-state index is 0.000481. The Hall–Kier alpha value is -3.35. The lowest BCUT2D eigenvalue weighted by molar-refractivity contribution is -0.215. The van der Waals surface area contributed by atoms with Crippen LogP contribution in [0.3, 0.4) is 0 Å². The topological polar surface area (TPSA) is 178 Å². The molecule has 2 saturated heterocycles. The van der Waals surface area contributed by atoms with Crippen LogP contribution in [0, 0.1) is 0 Å². The number of hydrogen-bond acceptors (Lipinski definition) is 11. The van der Waals surface area contributed by atoms with E-state index in [-0.39, 0.29) is 53.0 Å². The molecule has 0 bridgehead atoms. The summed E-state index contributed by atoms with van der Waals surface area (Å²) < 4.78 is 22.4. The van der Waals surface area contributed by atoms with Crippen LogP contribution in [-0.4, -0.2) is 70.1 Å². The Morgan fingerprint density at radius 1 is 1.11 bits per heavy atom. The Balaban J connectivity index is 1.52. The molecule has 0 spiro atoms. The molecule has 0 aromatic heterocycles. The molecule has 2 heterocycles. The zero-order valence-electron chi connectivity index (χ0n) is 20.0. The molecule has 37 heavy (non-hydrogen) atoms. The predicted octanol–water partition coefficient (Wildman–Crippen LogP) is 1.00. The second-order valence-electron chi connectivity index (χ2n) is 9.91. The Labute approximate surface area is 210 Å². The summed E-state index contributed by atoms with van der Waals surface area (Å²) in [7, 11) is 1.35. The predicted molar refractivity (Wildman–Crippen MR) is 124 cm³/mol. The van der Waals surface area contributed by atoms with Crippen LogP contribution in [0.25, 0.3) is 0 Å². The van der Waals surface area contributed by atoms with Gasteiger partial charge in [-0.1, -0.05) is 12.1 Å². The normalized spacial score (nSPS) is 31.6. The number of methoxy groups -OCH3 is 1. The van der Waals surface area contributed by atoms with Gasteiger partial charge >= 0.3 is 0 Å². The van der Waals surface area contributed by atoms with Crippen molar-refractivity contribution in [2.24, 2.45) is 5.73 Å². The number of carbonyl (C=O) groups excluding carboxylic acids is 3. The molecule has 0 radical (unpaired) electrons. The van der Waals surface area contributed by atoms with Gasteiger partial charge in [-0.05, 0) is 13.0 Å². The molecule has 5 N–H and O–H groups in total. The summed E-state index contributed by atoms with van der Waals surface area (Å²) in [5.41, 5.74) is 3.23. The van der Waals surface area contributed by atoms with Crippen molar-refractivity contribution in [3.63, 3.8) is 0 Å². The Kier molecular flexibility index (Phi) is 5.24.